The van der Waals surface area contributed by atoms with E-state index in [1.54, 1.807) is 6.92 Å². The standard InChI is InChI=1S/C14H21ClO4S/c1-4-5-6-18-7-8-19-14-12(3)9-11(2)10-13(14)20(15,16)17/h9-10H,4-8H2,1-3H3. The molecule has 1 aromatic carbocycles. The molecule has 1 aromatic rings. The molecule has 0 amide bonds. The summed E-state index contributed by atoms with van der Waals surface area (Å²) < 4.78 is 34.1. The summed E-state index contributed by atoms with van der Waals surface area (Å²) in [6, 6.07) is 3.38. The van der Waals surface area contributed by atoms with Crippen molar-refractivity contribution in [3.63, 3.8) is 0 Å². The van der Waals surface area contributed by atoms with Crippen LogP contribution in [0.5, 0.6) is 5.75 Å². The van der Waals surface area contributed by atoms with Crippen molar-refractivity contribution in [2.75, 3.05) is 19.8 Å². The van der Waals surface area contributed by atoms with Crippen molar-refractivity contribution in [1.82, 2.24) is 0 Å². The zero-order valence-electron chi connectivity index (χ0n) is 12.1. The summed E-state index contributed by atoms with van der Waals surface area (Å²) in [5.74, 6) is 0.310. The second-order valence-corrected chi connectivity index (χ2v) is 7.20. The quantitative estimate of drug-likeness (QED) is 0.544. The van der Waals surface area contributed by atoms with Crippen LogP contribution >= 0.6 is 10.7 Å². The summed E-state index contributed by atoms with van der Waals surface area (Å²) in [4.78, 5) is 0.0187. The molecule has 4 nitrogen and oxygen atoms in total. The number of hydrogen-bond acceptors (Lipinski definition) is 4. The summed E-state index contributed by atoms with van der Waals surface area (Å²) in [5, 5.41) is 0. The SMILES string of the molecule is CCCCOCCOc1c(C)cc(C)cc1S(=O)(=O)Cl. The van der Waals surface area contributed by atoms with Crippen LogP contribution in [0.4, 0.5) is 0 Å². The van der Waals surface area contributed by atoms with Crippen LogP contribution in [0.2, 0.25) is 0 Å². The maximum atomic E-state index is 11.6. The Morgan fingerprint density at radius 1 is 1.15 bits per heavy atom. The molecular formula is C14H21ClO4S. The average molecular weight is 321 g/mol. The van der Waals surface area contributed by atoms with Crippen molar-refractivity contribution in [3.8, 4) is 5.75 Å². The van der Waals surface area contributed by atoms with Gasteiger partial charge in [0.25, 0.3) is 9.05 Å². The van der Waals surface area contributed by atoms with Gasteiger partial charge in [0, 0.05) is 17.3 Å². The van der Waals surface area contributed by atoms with E-state index in [1.165, 1.54) is 6.07 Å². The van der Waals surface area contributed by atoms with E-state index in [4.69, 9.17) is 20.2 Å². The van der Waals surface area contributed by atoms with Gasteiger partial charge < -0.3 is 9.47 Å². The van der Waals surface area contributed by atoms with Gasteiger partial charge in [0.05, 0.1) is 6.61 Å². The van der Waals surface area contributed by atoms with Crippen molar-refractivity contribution < 1.29 is 17.9 Å². The number of rotatable bonds is 8. The molecule has 0 aliphatic carbocycles. The van der Waals surface area contributed by atoms with E-state index in [0.29, 0.717) is 25.6 Å². The van der Waals surface area contributed by atoms with E-state index in [-0.39, 0.29) is 4.90 Å². The third-order valence-electron chi connectivity index (χ3n) is 2.76. The molecule has 0 fully saturated rings. The normalized spacial score (nSPS) is 11.6. The van der Waals surface area contributed by atoms with Gasteiger partial charge in [0.15, 0.2) is 0 Å². The Balaban J connectivity index is 2.74. The molecule has 6 heteroatoms. The van der Waals surface area contributed by atoms with E-state index >= 15 is 0 Å². The van der Waals surface area contributed by atoms with Gasteiger partial charge in [0.1, 0.15) is 17.3 Å². The van der Waals surface area contributed by atoms with Gasteiger partial charge >= 0.3 is 0 Å². The Morgan fingerprint density at radius 3 is 2.45 bits per heavy atom. The van der Waals surface area contributed by atoms with Crippen LogP contribution < -0.4 is 4.74 Å². The highest BCUT2D eigenvalue weighted by Gasteiger charge is 2.19. The molecule has 0 saturated heterocycles. The first-order chi connectivity index (χ1) is 9.36. The number of hydrogen-bond donors (Lipinski definition) is 0. The lowest BCUT2D eigenvalue weighted by Crippen LogP contribution is -2.10. The topological polar surface area (TPSA) is 52.6 Å². The Kier molecular flexibility index (Phi) is 6.79. The van der Waals surface area contributed by atoms with Crippen molar-refractivity contribution >= 4 is 19.7 Å². The van der Waals surface area contributed by atoms with E-state index in [2.05, 4.69) is 6.92 Å². The molecule has 0 aromatic heterocycles. The number of benzene rings is 1. The van der Waals surface area contributed by atoms with Crippen LogP contribution in [0, 0.1) is 13.8 Å². The Hall–Kier alpha value is -0.780. The summed E-state index contributed by atoms with van der Waals surface area (Å²) in [6.45, 7) is 7.12. The van der Waals surface area contributed by atoms with Crippen LogP contribution in [-0.4, -0.2) is 28.2 Å². The molecule has 1 rings (SSSR count). The van der Waals surface area contributed by atoms with Crippen LogP contribution in [0.3, 0.4) is 0 Å². The van der Waals surface area contributed by atoms with E-state index < -0.39 is 9.05 Å². The Morgan fingerprint density at radius 2 is 1.85 bits per heavy atom. The first kappa shape index (κ1) is 17.3. The summed E-state index contributed by atoms with van der Waals surface area (Å²) in [7, 11) is 1.63. The predicted molar refractivity (Wildman–Crippen MR) is 80.2 cm³/mol. The van der Waals surface area contributed by atoms with Gasteiger partial charge in [-0.2, -0.15) is 0 Å². The number of ether oxygens (including phenoxy) is 2. The molecule has 0 heterocycles. The summed E-state index contributed by atoms with van der Waals surface area (Å²) in [6.07, 6.45) is 2.08. The number of aryl methyl sites for hydroxylation is 2. The monoisotopic (exact) mass is 320 g/mol. The molecule has 0 bridgehead atoms. The maximum Gasteiger partial charge on any atom is 0.265 e. The third kappa shape index (κ3) is 5.31. The lowest BCUT2D eigenvalue weighted by molar-refractivity contribution is 0.0968. The van der Waals surface area contributed by atoms with E-state index in [1.807, 2.05) is 13.0 Å². The van der Waals surface area contributed by atoms with Gasteiger partial charge in [-0.3, -0.25) is 0 Å². The minimum Gasteiger partial charge on any atom is -0.489 e. The molecule has 114 valence electrons. The molecule has 0 atom stereocenters. The maximum absolute atomic E-state index is 11.6. The third-order valence-corrected chi connectivity index (χ3v) is 4.09. The van der Waals surface area contributed by atoms with Gasteiger partial charge in [-0.1, -0.05) is 19.4 Å². The minimum absolute atomic E-state index is 0.0187. The molecule has 20 heavy (non-hydrogen) atoms. The number of halogens is 1. The van der Waals surface area contributed by atoms with Crippen LogP contribution in [0.15, 0.2) is 17.0 Å². The fourth-order valence-electron chi connectivity index (χ4n) is 1.83. The van der Waals surface area contributed by atoms with Crippen LogP contribution in [-0.2, 0) is 13.8 Å². The molecular weight excluding hydrogens is 300 g/mol. The highest BCUT2D eigenvalue weighted by atomic mass is 35.7. The predicted octanol–water partition coefficient (Wildman–Crippen LogP) is 3.43. The lowest BCUT2D eigenvalue weighted by atomic mass is 10.1. The van der Waals surface area contributed by atoms with Crippen molar-refractivity contribution in [1.29, 1.82) is 0 Å². The fourth-order valence-corrected chi connectivity index (χ4v) is 2.94. The highest BCUT2D eigenvalue weighted by molar-refractivity contribution is 8.13. The van der Waals surface area contributed by atoms with E-state index in [0.717, 1.165) is 24.0 Å². The minimum atomic E-state index is -3.82. The van der Waals surface area contributed by atoms with Crippen LogP contribution in [0.25, 0.3) is 0 Å². The van der Waals surface area contributed by atoms with Gasteiger partial charge in [-0.15, -0.1) is 0 Å². The summed E-state index contributed by atoms with van der Waals surface area (Å²) >= 11 is 0. The second-order valence-electron chi connectivity index (χ2n) is 4.66. The first-order valence-corrected chi connectivity index (χ1v) is 8.93. The Bertz CT molecular complexity index is 540. The molecule has 0 aliphatic heterocycles. The molecule has 0 N–H and O–H groups in total. The zero-order valence-corrected chi connectivity index (χ0v) is 13.7. The second kappa shape index (κ2) is 7.86. The number of unbranched alkanes of at least 4 members (excludes halogenated alkanes) is 1. The van der Waals surface area contributed by atoms with Crippen molar-refractivity contribution in [3.05, 3.63) is 23.3 Å². The molecule has 0 unspecified atom stereocenters. The molecule has 0 saturated carbocycles. The van der Waals surface area contributed by atoms with Crippen molar-refractivity contribution in [2.24, 2.45) is 0 Å². The van der Waals surface area contributed by atoms with Gasteiger partial charge in [-0.25, -0.2) is 8.42 Å². The Labute approximate surface area is 125 Å². The molecule has 0 spiro atoms. The smallest absolute Gasteiger partial charge is 0.265 e. The largest absolute Gasteiger partial charge is 0.489 e. The summed E-state index contributed by atoms with van der Waals surface area (Å²) in [5.41, 5.74) is 1.58. The molecule has 0 radical (unpaired) electrons. The molecule has 0 aliphatic rings. The zero-order chi connectivity index (χ0) is 15.2. The van der Waals surface area contributed by atoms with Gasteiger partial charge in [0.2, 0.25) is 0 Å². The van der Waals surface area contributed by atoms with Crippen LogP contribution in [0.1, 0.15) is 30.9 Å². The van der Waals surface area contributed by atoms with Crippen molar-refractivity contribution in [2.45, 2.75) is 38.5 Å². The highest BCUT2D eigenvalue weighted by Crippen LogP contribution is 2.31. The fraction of sp³-hybridized carbons (Fsp3) is 0.571. The van der Waals surface area contributed by atoms with Gasteiger partial charge in [-0.05, 0) is 37.5 Å². The van der Waals surface area contributed by atoms with E-state index in [9.17, 15) is 8.42 Å². The average Bonchev–Trinajstić information content (AvgIpc) is 2.34. The first-order valence-electron chi connectivity index (χ1n) is 6.62. The lowest BCUT2D eigenvalue weighted by Gasteiger charge is -2.13.